The summed E-state index contributed by atoms with van der Waals surface area (Å²) in [6, 6.07) is 1.97. The molecule has 2 atom stereocenters. The Morgan fingerprint density at radius 2 is 1.80 bits per heavy atom. The van der Waals surface area contributed by atoms with Gasteiger partial charge in [-0.2, -0.15) is 0 Å². The van der Waals surface area contributed by atoms with E-state index in [9.17, 15) is 0 Å². The standard InChI is InChI=1S/C9H14N/c1-6-2-7-4-9-5-8(3-6)10(7)9/h6-8H,2-5H2,1H3/q+1. The summed E-state index contributed by atoms with van der Waals surface area (Å²) >= 11 is 0. The van der Waals surface area contributed by atoms with Crippen LogP contribution in [0, 0.1) is 5.92 Å². The molecule has 3 aliphatic heterocycles. The van der Waals surface area contributed by atoms with E-state index in [-0.39, 0.29) is 0 Å². The van der Waals surface area contributed by atoms with Crippen LogP contribution in [-0.2, 0) is 0 Å². The molecule has 54 valence electrons. The lowest BCUT2D eigenvalue weighted by atomic mass is 9.72. The number of hydrogen-bond donors (Lipinski definition) is 0. The van der Waals surface area contributed by atoms with E-state index in [2.05, 4.69) is 11.5 Å². The normalized spacial score (nSPS) is 49.5. The van der Waals surface area contributed by atoms with Gasteiger partial charge in [0.05, 0.1) is 12.8 Å². The molecular weight excluding hydrogens is 122 g/mol. The van der Waals surface area contributed by atoms with Gasteiger partial charge >= 0.3 is 0 Å². The van der Waals surface area contributed by atoms with E-state index in [0.717, 1.165) is 18.0 Å². The molecule has 0 aromatic rings. The smallest absolute Gasteiger partial charge is 0.166 e. The Morgan fingerprint density at radius 1 is 1.20 bits per heavy atom. The van der Waals surface area contributed by atoms with Gasteiger partial charge < -0.3 is 0 Å². The average molecular weight is 136 g/mol. The van der Waals surface area contributed by atoms with E-state index in [4.69, 9.17) is 0 Å². The van der Waals surface area contributed by atoms with Gasteiger partial charge in [0.25, 0.3) is 0 Å². The van der Waals surface area contributed by atoms with Gasteiger partial charge in [0.2, 0.25) is 0 Å². The fourth-order valence-electron chi connectivity index (χ4n) is 3.04. The van der Waals surface area contributed by atoms with Gasteiger partial charge in [-0.15, -0.1) is 0 Å². The Kier molecular flexibility index (Phi) is 0.781. The molecule has 0 spiro atoms. The van der Waals surface area contributed by atoms with Gasteiger partial charge in [-0.1, -0.05) is 6.92 Å². The SMILES string of the molecule is CC1CC2CC3=[N+]2C(C3)C1. The van der Waals surface area contributed by atoms with Crippen LogP contribution in [0.5, 0.6) is 0 Å². The van der Waals surface area contributed by atoms with Crippen molar-refractivity contribution in [3.63, 3.8) is 0 Å². The van der Waals surface area contributed by atoms with Gasteiger partial charge in [-0.3, -0.25) is 0 Å². The molecule has 2 unspecified atom stereocenters. The predicted molar refractivity (Wildman–Crippen MR) is 40.5 cm³/mol. The summed E-state index contributed by atoms with van der Waals surface area (Å²) in [4.78, 5) is 0. The fraction of sp³-hybridized carbons (Fsp3) is 0.889. The maximum Gasteiger partial charge on any atom is 0.166 e. The van der Waals surface area contributed by atoms with Crippen LogP contribution in [0.15, 0.2) is 0 Å². The van der Waals surface area contributed by atoms with Gasteiger partial charge in [0.1, 0.15) is 0 Å². The Hall–Kier alpha value is -0.330. The van der Waals surface area contributed by atoms with Gasteiger partial charge in [-0.25, -0.2) is 4.58 Å². The molecule has 0 aliphatic carbocycles. The second-order valence-electron chi connectivity index (χ2n) is 4.27. The quantitative estimate of drug-likeness (QED) is 0.443. The first-order valence-electron chi connectivity index (χ1n) is 4.47. The molecule has 1 nitrogen and oxygen atoms in total. The summed E-state index contributed by atoms with van der Waals surface area (Å²) in [6.45, 7) is 2.41. The maximum absolute atomic E-state index is 2.68. The summed E-state index contributed by atoms with van der Waals surface area (Å²) in [5.41, 5.74) is 1.77. The van der Waals surface area contributed by atoms with Crippen LogP contribution < -0.4 is 0 Å². The molecule has 0 bridgehead atoms. The van der Waals surface area contributed by atoms with Crippen LogP contribution >= 0.6 is 0 Å². The Morgan fingerprint density at radius 3 is 2.30 bits per heavy atom. The molecule has 1 saturated heterocycles. The Bertz CT molecular complexity index is 197. The minimum atomic E-state index is 0.984. The highest BCUT2D eigenvalue weighted by Gasteiger charge is 2.55. The molecule has 0 N–H and O–H groups in total. The van der Waals surface area contributed by atoms with Crippen LogP contribution in [0.2, 0.25) is 0 Å². The minimum Gasteiger partial charge on any atom is -0.230 e. The van der Waals surface area contributed by atoms with E-state index in [1.165, 1.54) is 25.7 Å². The van der Waals surface area contributed by atoms with Crippen LogP contribution in [0.25, 0.3) is 0 Å². The highest BCUT2D eigenvalue weighted by molar-refractivity contribution is 5.86. The van der Waals surface area contributed by atoms with Gasteiger partial charge in [-0.05, 0) is 5.92 Å². The summed E-state index contributed by atoms with van der Waals surface area (Å²) in [7, 11) is 0. The fourth-order valence-corrected chi connectivity index (χ4v) is 3.04. The average Bonchev–Trinajstić information content (AvgIpc) is 1.78. The van der Waals surface area contributed by atoms with Gasteiger partial charge in [0.15, 0.2) is 17.8 Å². The predicted octanol–water partition coefficient (Wildman–Crippen LogP) is 1.41. The summed E-state index contributed by atoms with van der Waals surface area (Å²) in [6.07, 6.45) is 5.84. The maximum atomic E-state index is 2.68. The first-order valence-corrected chi connectivity index (χ1v) is 4.47. The van der Waals surface area contributed by atoms with E-state index in [1.807, 2.05) is 0 Å². The van der Waals surface area contributed by atoms with Crippen molar-refractivity contribution in [1.29, 1.82) is 0 Å². The largest absolute Gasteiger partial charge is 0.230 e. The van der Waals surface area contributed by atoms with E-state index < -0.39 is 0 Å². The lowest BCUT2D eigenvalue weighted by molar-refractivity contribution is -0.665. The number of rotatable bonds is 0. The molecule has 3 rings (SSSR count). The molecule has 3 heterocycles. The van der Waals surface area contributed by atoms with E-state index in [0.29, 0.717) is 0 Å². The lowest BCUT2D eigenvalue weighted by Gasteiger charge is -2.45. The third-order valence-corrected chi connectivity index (χ3v) is 3.44. The van der Waals surface area contributed by atoms with Crippen molar-refractivity contribution in [1.82, 2.24) is 0 Å². The van der Waals surface area contributed by atoms with Crippen LogP contribution in [0.3, 0.4) is 0 Å². The summed E-state index contributed by atoms with van der Waals surface area (Å²) in [5.74, 6) is 1.01. The molecule has 0 saturated carbocycles. The van der Waals surface area contributed by atoms with Crippen molar-refractivity contribution < 1.29 is 4.58 Å². The van der Waals surface area contributed by atoms with Crippen LogP contribution in [0.4, 0.5) is 0 Å². The Balaban J connectivity index is 1.93. The third kappa shape index (κ3) is 0.446. The van der Waals surface area contributed by atoms with Crippen molar-refractivity contribution >= 4 is 5.71 Å². The van der Waals surface area contributed by atoms with E-state index >= 15 is 0 Å². The Labute approximate surface area is 61.7 Å². The second kappa shape index (κ2) is 1.46. The second-order valence-corrected chi connectivity index (χ2v) is 4.27. The summed E-state index contributed by atoms with van der Waals surface area (Å²) in [5, 5.41) is 0. The highest BCUT2D eigenvalue weighted by atomic mass is 15.2. The van der Waals surface area contributed by atoms with Crippen molar-refractivity contribution in [2.45, 2.75) is 44.7 Å². The molecule has 0 aromatic heterocycles. The molecule has 1 fully saturated rings. The highest BCUT2D eigenvalue weighted by Crippen LogP contribution is 2.40. The number of hydrogen-bond acceptors (Lipinski definition) is 0. The monoisotopic (exact) mass is 136 g/mol. The van der Waals surface area contributed by atoms with Crippen LogP contribution in [-0.4, -0.2) is 22.4 Å². The molecule has 10 heavy (non-hydrogen) atoms. The zero-order valence-corrected chi connectivity index (χ0v) is 6.51. The minimum absolute atomic E-state index is 0.984. The van der Waals surface area contributed by atoms with Gasteiger partial charge in [0, 0.05) is 12.8 Å². The molecule has 0 radical (unpaired) electrons. The zero-order valence-electron chi connectivity index (χ0n) is 6.51. The topological polar surface area (TPSA) is 3.01 Å². The first kappa shape index (κ1) is 5.34. The molecular formula is C9H14N+. The number of nitrogens with zero attached hydrogens (tertiary/aromatic N) is 1. The molecule has 0 amide bonds. The lowest BCUT2D eigenvalue weighted by Crippen LogP contribution is -2.62. The van der Waals surface area contributed by atoms with E-state index in [1.54, 1.807) is 5.71 Å². The van der Waals surface area contributed by atoms with Crippen molar-refractivity contribution in [2.24, 2.45) is 5.92 Å². The number of piperidine rings is 2. The third-order valence-electron chi connectivity index (χ3n) is 3.44. The van der Waals surface area contributed by atoms with Crippen LogP contribution in [0.1, 0.15) is 32.6 Å². The molecule has 3 aliphatic rings. The summed E-state index contributed by atoms with van der Waals surface area (Å²) < 4.78 is 2.68. The zero-order chi connectivity index (χ0) is 6.72. The van der Waals surface area contributed by atoms with Crippen molar-refractivity contribution in [2.75, 3.05) is 0 Å². The first-order chi connectivity index (χ1) is 4.84. The van der Waals surface area contributed by atoms with Crippen molar-refractivity contribution in [3.05, 3.63) is 0 Å². The molecule has 0 aromatic carbocycles. The molecule has 1 heteroatoms. The van der Waals surface area contributed by atoms with Crippen molar-refractivity contribution in [3.8, 4) is 0 Å².